The molecule has 0 amide bonds. The molecule has 0 spiro atoms. The average Bonchev–Trinajstić information content (AvgIpc) is 3.52. The van der Waals surface area contributed by atoms with Gasteiger partial charge in [0.2, 0.25) is 6.79 Å². The zero-order chi connectivity index (χ0) is 21.4. The number of benzene rings is 2. The van der Waals surface area contributed by atoms with E-state index < -0.39 is 0 Å². The number of fused-ring (bicyclic) bond motifs is 1. The summed E-state index contributed by atoms with van der Waals surface area (Å²) in [4.78, 5) is 4.11. The van der Waals surface area contributed by atoms with Gasteiger partial charge in [-0.2, -0.15) is 0 Å². The minimum atomic E-state index is 0.241. The van der Waals surface area contributed by atoms with Gasteiger partial charge in [-0.1, -0.05) is 12.1 Å². The van der Waals surface area contributed by atoms with Gasteiger partial charge in [-0.25, -0.2) is 4.98 Å². The molecule has 2 aromatic carbocycles. The molecular weight excluding hydrogens is 388 g/mol. The van der Waals surface area contributed by atoms with Gasteiger partial charge in [-0.3, -0.25) is 0 Å². The molecule has 3 heterocycles. The normalized spacial score (nSPS) is 13.5. The first kappa shape index (κ1) is 19.5. The van der Waals surface area contributed by atoms with Gasteiger partial charge in [0.15, 0.2) is 11.5 Å². The Labute approximate surface area is 182 Å². The number of hydrogen-bond acceptors (Lipinski definition) is 4. The standard InChI is InChI=1S/C25H26N4O2/c1-17-12-21(19(3)29(17)23-8-9-24-25(13-23)31-16-30-24)14-27-18(2)20-4-6-22(7-5-20)28-11-10-26-15-28/h4-13,15,18,27H,14,16H2,1-3H3/t18-/m1/s1. The predicted octanol–water partition coefficient (Wildman–Crippen LogP) is 4.86. The van der Waals surface area contributed by atoms with Gasteiger partial charge in [-0.15, -0.1) is 0 Å². The van der Waals surface area contributed by atoms with E-state index in [1.807, 2.05) is 29.2 Å². The van der Waals surface area contributed by atoms with E-state index in [1.165, 1.54) is 22.5 Å². The van der Waals surface area contributed by atoms with E-state index in [9.17, 15) is 0 Å². The number of nitrogens with one attached hydrogen (secondary N) is 1. The zero-order valence-corrected chi connectivity index (χ0v) is 18.0. The van der Waals surface area contributed by atoms with Crippen LogP contribution in [0, 0.1) is 13.8 Å². The van der Waals surface area contributed by atoms with Crippen molar-refractivity contribution in [1.29, 1.82) is 0 Å². The van der Waals surface area contributed by atoms with Gasteiger partial charge in [0.05, 0.1) is 6.33 Å². The lowest BCUT2D eigenvalue weighted by atomic mass is 10.1. The molecule has 0 unspecified atom stereocenters. The molecule has 31 heavy (non-hydrogen) atoms. The minimum Gasteiger partial charge on any atom is -0.454 e. The summed E-state index contributed by atoms with van der Waals surface area (Å²) in [5.41, 5.74) is 7.18. The summed E-state index contributed by atoms with van der Waals surface area (Å²) in [5.74, 6) is 1.61. The van der Waals surface area contributed by atoms with Crippen molar-refractivity contribution >= 4 is 0 Å². The van der Waals surface area contributed by atoms with Crippen LogP contribution in [0.1, 0.15) is 35.5 Å². The van der Waals surface area contributed by atoms with Gasteiger partial charge >= 0.3 is 0 Å². The van der Waals surface area contributed by atoms with E-state index in [2.05, 4.69) is 72.0 Å². The maximum Gasteiger partial charge on any atom is 0.231 e. The Hall–Kier alpha value is -3.51. The van der Waals surface area contributed by atoms with E-state index in [0.29, 0.717) is 6.79 Å². The lowest BCUT2D eigenvalue weighted by molar-refractivity contribution is 0.174. The summed E-state index contributed by atoms with van der Waals surface area (Å²) in [5, 5.41) is 3.67. The molecule has 1 atom stereocenters. The largest absolute Gasteiger partial charge is 0.454 e. The van der Waals surface area contributed by atoms with Crippen LogP contribution >= 0.6 is 0 Å². The maximum absolute atomic E-state index is 5.55. The number of aromatic nitrogens is 3. The number of ether oxygens (including phenoxy) is 2. The number of imidazole rings is 1. The van der Waals surface area contributed by atoms with Gasteiger partial charge < -0.3 is 23.9 Å². The molecule has 1 N–H and O–H groups in total. The Kier molecular flexibility index (Phi) is 5.00. The van der Waals surface area contributed by atoms with E-state index in [0.717, 1.165) is 29.4 Å². The highest BCUT2D eigenvalue weighted by Crippen LogP contribution is 2.35. The fourth-order valence-electron chi connectivity index (χ4n) is 4.16. The van der Waals surface area contributed by atoms with Crippen LogP contribution in [0.15, 0.2) is 67.3 Å². The highest BCUT2D eigenvalue weighted by Gasteiger charge is 2.17. The number of rotatable bonds is 6. The van der Waals surface area contributed by atoms with Crippen molar-refractivity contribution in [3.8, 4) is 22.9 Å². The minimum absolute atomic E-state index is 0.241. The quantitative estimate of drug-likeness (QED) is 0.490. The van der Waals surface area contributed by atoms with E-state index in [-0.39, 0.29) is 6.04 Å². The SMILES string of the molecule is Cc1cc(CN[C@H](C)c2ccc(-n3ccnc3)cc2)c(C)n1-c1ccc2c(c1)OCO2. The van der Waals surface area contributed by atoms with Crippen molar-refractivity contribution in [3.63, 3.8) is 0 Å². The molecule has 0 saturated carbocycles. The van der Waals surface area contributed by atoms with E-state index in [1.54, 1.807) is 6.20 Å². The monoisotopic (exact) mass is 414 g/mol. The van der Waals surface area contributed by atoms with Gasteiger partial charge in [0.25, 0.3) is 0 Å². The van der Waals surface area contributed by atoms with Crippen molar-refractivity contribution in [3.05, 3.63) is 89.8 Å². The summed E-state index contributed by atoms with van der Waals surface area (Å²) >= 11 is 0. The molecule has 2 aromatic heterocycles. The lowest BCUT2D eigenvalue weighted by Gasteiger charge is -2.15. The van der Waals surface area contributed by atoms with Crippen molar-refractivity contribution < 1.29 is 9.47 Å². The van der Waals surface area contributed by atoms with Crippen molar-refractivity contribution in [2.45, 2.75) is 33.4 Å². The molecule has 0 bridgehead atoms. The summed E-state index contributed by atoms with van der Waals surface area (Å²) in [6.45, 7) is 7.59. The smallest absolute Gasteiger partial charge is 0.231 e. The van der Waals surface area contributed by atoms with Crippen LogP contribution in [-0.2, 0) is 6.54 Å². The highest BCUT2D eigenvalue weighted by molar-refractivity contribution is 5.52. The number of hydrogen-bond donors (Lipinski definition) is 1. The first-order valence-electron chi connectivity index (χ1n) is 10.5. The summed E-state index contributed by atoms with van der Waals surface area (Å²) in [6.07, 6.45) is 5.55. The third-order valence-electron chi connectivity index (χ3n) is 5.94. The van der Waals surface area contributed by atoms with Gasteiger partial charge in [0.1, 0.15) is 0 Å². The molecule has 158 valence electrons. The Morgan fingerprint density at radius 2 is 1.77 bits per heavy atom. The Morgan fingerprint density at radius 3 is 2.55 bits per heavy atom. The molecule has 0 aliphatic carbocycles. The van der Waals surface area contributed by atoms with Crippen LogP contribution in [-0.4, -0.2) is 20.9 Å². The predicted molar refractivity (Wildman–Crippen MR) is 120 cm³/mol. The van der Waals surface area contributed by atoms with Crippen molar-refractivity contribution in [1.82, 2.24) is 19.4 Å². The lowest BCUT2D eigenvalue weighted by Crippen LogP contribution is -2.18. The molecule has 6 heteroatoms. The molecule has 4 aromatic rings. The summed E-state index contributed by atoms with van der Waals surface area (Å²) in [7, 11) is 0. The first-order chi connectivity index (χ1) is 15.1. The molecule has 0 fully saturated rings. The van der Waals surface area contributed by atoms with Crippen LogP contribution in [0.25, 0.3) is 11.4 Å². The van der Waals surface area contributed by atoms with Gasteiger partial charge in [-0.05, 0) is 62.2 Å². The molecule has 1 aliphatic heterocycles. The first-order valence-corrected chi connectivity index (χ1v) is 10.5. The number of aryl methyl sites for hydroxylation is 1. The number of nitrogens with zero attached hydrogens (tertiary/aromatic N) is 3. The van der Waals surface area contributed by atoms with E-state index in [4.69, 9.17) is 9.47 Å². The van der Waals surface area contributed by atoms with Gasteiger partial charge in [0, 0.05) is 53.8 Å². The Morgan fingerprint density at radius 1 is 1.00 bits per heavy atom. The third-order valence-corrected chi connectivity index (χ3v) is 5.94. The van der Waals surface area contributed by atoms with Crippen LogP contribution in [0.5, 0.6) is 11.5 Å². The molecule has 5 rings (SSSR count). The Balaban J connectivity index is 1.30. The molecule has 0 saturated heterocycles. The molecular formula is C25H26N4O2. The highest BCUT2D eigenvalue weighted by atomic mass is 16.7. The maximum atomic E-state index is 5.55. The zero-order valence-electron chi connectivity index (χ0n) is 18.0. The Bertz CT molecular complexity index is 1190. The average molecular weight is 415 g/mol. The second kappa shape index (κ2) is 7.96. The van der Waals surface area contributed by atoms with Crippen molar-refractivity contribution in [2.75, 3.05) is 6.79 Å². The molecule has 6 nitrogen and oxygen atoms in total. The van der Waals surface area contributed by atoms with Crippen molar-refractivity contribution in [2.24, 2.45) is 0 Å². The summed E-state index contributed by atoms with van der Waals surface area (Å²) < 4.78 is 15.3. The van der Waals surface area contributed by atoms with E-state index >= 15 is 0 Å². The molecule has 0 radical (unpaired) electrons. The van der Waals surface area contributed by atoms with Crippen LogP contribution < -0.4 is 14.8 Å². The second-order valence-corrected chi connectivity index (χ2v) is 7.93. The van der Waals surface area contributed by atoms with Crippen LogP contribution in [0.2, 0.25) is 0 Å². The fraction of sp³-hybridized carbons (Fsp3) is 0.240. The van der Waals surface area contributed by atoms with Crippen LogP contribution in [0.4, 0.5) is 0 Å². The second-order valence-electron chi connectivity index (χ2n) is 7.93. The molecule has 1 aliphatic rings. The van der Waals surface area contributed by atoms with Crippen LogP contribution in [0.3, 0.4) is 0 Å². The fourth-order valence-corrected chi connectivity index (χ4v) is 4.16. The summed E-state index contributed by atoms with van der Waals surface area (Å²) in [6, 6.07) is 17.2. The topological polar surface area (TPSA) is 53.2 Å². The third kappa shape index (κ3) is 3.70.